The fraction of sp³-hybridized carbons (Fsp3) is 0.0556. The first-order valence-corrected chi connectivity index (χ1v) is 9.09. The molecule has 3 nitrogen and oxygen atoms in total. The third kappa shape index (κ3) is 4.60. The standard InChI is InChI=1S/C18H12BrClO3S/c19-12-8-18(24-11-12)17(21)7-6-14-4-5-16(23-14)10-22-15-3-1-2-13(20)9-15/h1-9,11H,10H2/b7-6+. The zero-order chi connectivity index (χ0) is 16.9. The van der Waals surface area contributed by atoms with Gasteiger partial charge in [-0.1, -0.05) is 17.7 Å². The van der Waals surface area contributed by atoms with Crippen LogP contribution < -0.4 is 4.74 Å². The second kappa shape index (κ2) is 7.83. The Labute approximate surface area is 156 Å². The number of hydrogen-bond donors (Lipinski definition) is 0. The number of ketones is 1. The van der Waals surface area contributed by atoms with Crippen LogP contribution in [-0.4, -0.2) is 5.78 Å². The van der Waals surface area contributed by atoms with Gasteiger partial charge in [0, 0.05) is 14.9 Å². The zero-order valence-corrected chi connectivity index (χ0v) is 15.5. The van der Waals surface area contributed by atoms with E-state index in [1.54, 1.807) is 30.3 Å². The molecular weight excluding hydrogens is 412 g/mol. The average molecular weight is 424 g/mol. The Morgan fingerprint density at radius 3 is 2.92 bits per heavy atom. The van der Waals surface area contributed by atoms with Gasteiger partial charge in [-0.2, -0.15) is 0 Å². The lowest BCUT2D eigenvalue weighted by molar-refractivity contribution is 0.105. The summed E-state index contributed by atoms with van der Waals surface area (Å²) < 4.78 is 12.1. The van der Waals surface area contributed by atoms with Gasteiger partial charge in [0.05, 0.1) is 4.88 Å². The Hall–Kier alpha value is -1.82. The monoisotopic (exact) mass is 422 g/mol. The van der Waals surface area contributed by atoms with E-state index in [0.717, 1.165) is 4.47 Å². The number of thiophene rings is 1. The van der Waals surface area contributed by atoms with E-state index in [4.69, 9.17) is 20.8 Å². The van der Waals surface area contributed by atoms with Crippen molar-refractivity contribution < 1.29 is 13.9 Å². The molecule has 0 unspecified atom stereocenters. The third-order valence-electron chi connectivity index (χ3n) is 3.07. The van der Waals surface area contributed by atoms with Crippen LogP contribution in [0.5, 0.6) is 5.75 Å². The summed E-state index contributed by atoms with van der Waals surface area (Å²) in [7, 11) is 0. The lowest BCUT2D eigenvalue weighted by Gasteiger charge is -2.03. The van der Waals surface area contributed by atoms with E-state index >= 15 is 0 Å². The van der Waals surface area contributed by atoms with Gasteiger partial charge in [0.15, 0.2) is 5.78 Å². The molecule has 0 atom stereocenters. The molecule has 6 heteroatoms. The van der Waals surface area contributed by atoms with Crippen molar-refractivity contribution in [3.63, 3.8) is 0 Å². The second-order valence-corrected chi connectivity index (χ2v) is 7.14. The molecule has 0 aliphatic rings. The summed E-state index contributed by atoms with van der Waals surface area (Å²) >= 11 is 10.6. The molecule has 0 N–H and O–H groups in total. The molecule has 3 aromatic rings. The van der Waals surface area contributed by atoms with E-state index < -0.39 is 0 Å². The van der Waals surface area contributed by atoms with Gasteiger partial charge < -0.3 is 9.15 Å². The first-order valence-electron chi connectivity index (χ1n) is 7.04. The van der Waals surface area contributed by atoms with E-state index in [0.29, 0.717) is 33.8 Å². The normalized spacial score (nSPS) is 11.1. The lowest BCUT2D eigenvalue weighted by atomic mass is 10.3. The van der Waals surface area contributed by atoms with E-state index in [1.165, 1.54) is 17.4 Å². The molecule has 2 aromatic heterocycles. The highest BCUT2D eigenvalue weighted by Gasteiger charge is 2.06. The molecule has 0 spiro atoms. The zero-order valence-electron chi connectivity index (χ0n) is 12.4. The Morgan fingerprint density at radius 1 is 1.29 bits per heavy atom. The third-order valence-corrected chi connectivity index (χ3v) is 5.01. The maximum atomic E-state index is 12.0. The maximum absolute atomic E-state index is 12.0. The predicted octanol–water partition coefficient (Wildman–Crippen LogP) is 6.23. The molecular formula is C18H12BrClO3S. The molecule has 3 rings (SSSR count). The summed E-state index contributed by atoms with van der Waals surface area (Å²) in [4.78, 5) is 12.7. The van der Waals surface area contributed by atoms with Gasteiger partial charge in [-0.25, -0.2) is 0 Å². The van der Waals surface area contributed by atoms with Gasteiger partial charge in [-0.05, 0) is 64.5 Å². The molecule has 0 aliphatic carbocycles. The van der Waals surface area contributed by atoms with Crippen molar-refractivity contribution in [2.45, 2.75) is 6.61 Å². The molecule has 0 radical (unpaired) electrons. The number of rotatable bonds is 6. The number of halogens is 2. The van der Waals surface area contributed by atoms with Gasteiger partial charge in [0.2, 0.25) is 0 Å². The van der Waals surface area contributed by atoms with E-state index in [2.05, 4.69) is 15.9 Å². The summed E-state index contributed by atoms with van der Waals surface area (Å²) in [6, 6.07) is 12.6. The van der Waals surface area contributed by atoms with Gasteiger partial charge in [0.25, 0.3) is 0 Å². The summed E-state index contributed by atoms with van der Waals surface area (Å²) in [5.41, 5.74) is 0. The van der Waals surface area contributed by atoms with Crippen molar-refractivity contribution in [1.82, 2.24) is 0 Å². The predicted molar refractivity (Wildman–Crippen MR) is 99.9 cm³/mol. The quantitative estimate of drug-likeness (QED) is 0.348. The fourth-order valence-corrected chi connectivity index (χ4v) is 3.48. The number of carbonyl (C=O) groups excluding carboxylic acids is 1. The Balaban J connectivity index is 1.59. The highest BCUT2D eigenvalue weighted by atomic mass is 79.9. The molecule has 0 saturated carbocycles. The fourth-order valence-electron chi connectivity index (χ4n) is 1.96. The van der Waals surface area contributed by atoms with Crippen LogP contribution in [0.2, 0.25) is 5.02 Å². The number of benzene rings is 1. The summed E-state index contributed by atoms with van der Waals surface area (Å²) in [6.07, 6.45) is 3.15. The summed E-state index contributed by atoms with van der Waals surface area (Å²) in [5, 5.41) is 2.49. The molecule has 24 heavy (non-hydrogen) atoms. The van der Waals surface area contributed by atoms with Crippen LogP contribution in [0.15, 0.2) is 62.8 Å². The van der Waals surface area contributed by atoms with Crippen molar-refractivity contribution in [1.29, 1.82) is 0 Å². The molecule has 122 valence electrons. The van der Waals surface area contributed by atoms with E-state index in [9.17, 15) is 4.79 Å². The van der Waals surface area contributed by atoms with Crippen LogP contribution in [0.1, 0.15) is 21.2 Å². The number of hydrogen-bond acceptors (Lipinski definition) is 4. The van der Waals surface area contributed by atoms with Gasteiger partial charge in [-0.15, -0.1) is 11.3 Å². The molecule has 0 amide bonds. The molecule has 2 heterocycles. The van der Waals surface area contributed by atoms with Crippen molar-refractivity contribution >= 4 is 50.7 Å². The molecule has 0 bridgehead atoms. The minimum absolute atomic E-state index is 0.0566. The SMILES string of the molecule is O=C(/C=C/c1ccc(COc2cccc(Cl)c2)o1)c1cc(Br)cs1. The van der Waals surface area contributed by atoms with Gasteiger partial charge in [-0.3, -0.25) is 4.79 Å². The van der Waals surface area contributed by atoms with E-state index in [-0.39, 0.29) is 5.78 Å². The van der Waals surface area contributed by atoms with Gasteiger partial charge in [0.1, 0.15) is 23.9 Å². The topological polar surface area (TPSA) is 39.4 Å². The number of carbonyl (C=O) groups is 1. The first kappa shape index (κ1) is 17.0. The summed E-state index contributed by atoms with van der Waals surface area (Å²) in [6.45, 7) is 0.292. The van der Waals surface area contributed by atoms with Crippen LogP contribution in [0.25, 0.3) is 6.08 Å². The lowest BCUT2D eigenvalue weighted by Crippen LogP contribution is -1.93. The molecule has 0 fully saturated rings. The van der Waals surface area contributed by atoms with Crippen LogP contribution in [0.4, 0.5) is 0 Å². The maximum Gasteiger partial charge on any atom is 0.195 e. The van der Waals surface area contributed by atoms with Crippen LogP contribution in [0.3, 0.4) is 0 Å². The minimum Gasteiger partial charge on any atom is -0.486 e. The Morgan fingerprint density at radius 2 is 2.17 bits per heavy atom. The van der Waals surface area contributed by atoms with Crippen molar-refractivity contribution in [2.24, 2.45) is 0 Å². The van der Waals surface area contributed by atoms with Crippen molar-refractivity contribution in [3.05, 3.63) is 79.8 Å². The van der Waals surface area contributed by atoms with Gasteiger partial charge >= 0.3 is 0 Å². The Kier molecular flexibility index (Phi) is 5.56. The number of ether oxygens (including phenoxy) is 1. The minimum atomic E-state index is -0.0566. The smallest absolute Gasteiger partial charge is 0.195 e. The second-order valence-electron chi connectivity index (χ2n) is 4.88. The van der Waals surface area contributed by atoms with Crippen molar-refractivity contribution in [2.75, 3.05) is 0 Å². The number of allylic oxidation sites excluding steroid dienone is 1. The van der Waals surface area contributed by atoms with Crippen LogP contribution in [-0.2, 0) is 6.61 Å². The Bertz CT molecular complexity index is 882. The van der Waals surface area contributed by atoms with Crippen LogP contribution >= 0.6 is 38.9 Å². The van der Waals surface area contributed by atoms with E-state index in [1.807, 2.05) is 23.6 Å². The summed E-state index contributed by atoms with van der Waals surface area (Å²) in [5.74, 6) is 1.89. The number of furan rings is 1. The largest absolute Gasteiger partial charge is 0.486 e. The first-order chi connectivity index (χ1) is 11.6. The highest BCUT2D eigenvalue weighted by Crippen LogP contribution is 2.21. The average Bonchev–Trinajstić information content (AvgIpc) is 3.20. The van der Waals surface area contributed by atoms with Crippen LogP contribution in [0, 0.1) is 0 Å². The molecule has 0 aliphatic heterocycles. The van der Waals surface area contributed by atoms with Crippen molar-refractivity contribution in [3.8, 4) is 5.75 Å². The highest BCUT2D eigenvalue weighted by molar-refractivity contribution is 9.10. The molecule has 1 aromatic carbocycles. The molecule has 0 saturated heterocycles.